The van der Waals surface area contributed by atoms with Crippen LogP contribution in [0.3, 0.4) is 0 Å². The fraction of sp³-hybridized carbons (Fsp3) is 0.222. The molecule has 6 nitrogen and oxygen atoms in total. The van der Waals surface area contributed by atoms with Gasteiger partial charge in [0.05, 0.1) is 11.3 Å². The molecule has 24 heavy (non-hydrogen) atoms. The minimum atomic E-state index is -0.454. The molecule has 0 fully saturated rings. The van der Waals surface area contributed by atoms with Crippen LogP contribution in [0.15, 0.2) is 42.6 Å². The van der Waals surface area contributed by atoms with Crippen LogP contribution in [0.25, 0.3) is 0 Å². The molecule has 1 aromatic heterocycles. The van der Waals surface area contributed by atoms with E-state index < -0.39 is 11.8 Å². The van der Waals surface area contributed by atoms with E-state index in [0.717, 1.165) is 17.7 Å². The summed E-state index contributed by atoms with van der Waals surface area (Å²) in [4.78, 5) is 41.8. The summed E-state index contributed by atoms with van der Waals surface area (Å²) in [6.45, 7) is 2.02. The number of unbranched alkanes of at least 4 members (excludes halogenated alkanes) is 1. The van der Waals surface area contributed by atoms with Crippen molar-refractivity contribution in [2.24, 2.45) is 0 Å². The van der Waals surface area contributed by atoms with Crippen molar-refractivity contribution in [3.05, 3.63) is 53.9 Å². The smallest absolute Gasteiger partial charge is 0.284 e. The molecule has 6 heteroatoms. The van der Waals surface area contributed by atoms with E-state index in [1.165, 1.54) is 6.20 Å². The SMILES string of the molecule is CCCCC(=O)Nc1cccc(N2C(=O)c3cccnc3C2=O)c1. The lowest BCUT2D eigenvalue weighted by atomic mass is 10.2. The number of amides is 3. The molecule has 0 spiro atoms. The second-order valence-corrected chi connectivity index (χ2v) is 5.55. The molecule has 0 unspecified atom stereocenters. The van der Waals surface area contributed by atoms with E-state index in [0.29, 0.717) is 23.4 Å². The molecule has 2 heterocycles. The summed E-state index contributed by atoms with van der Waals surface area (Å²) in [6.07, 6.45) is 3.68. The van der Waals surface area contributed by atoms with Gasteiger partial charge in [-0.05, 0) is 36.8 Å². The molecule has 0 bridgehead atoms. The quantitative estimate of drug-likeness (QED) is 0.858. The van der Waals surface area contributed by atoms with E-state index in [-0.39, 0.29) is 11.6 Å². The van der Waals surface area contributed by atoms with Gasteiger partial charge in [-0.1, -0.05) is 19.4 Å². The van der Waals surface area contributed by atoms with E-state index in [4.69, 9.17) is 0 Å². The van der Waals surface area contributed by atoms with Gasteiger partial charge < -0.3 is 5.32 Å². The lowest BCUT2D eigenvalue weighted by molar-refractivity contribution is -0.116. The fourth-order valence-corrected chi connectivity index (χ4v) is 2.58. The molecule has 2 aromatic rings. The first-order valence-corrected chi connectivity index (χ1v) is 7.85. The number of anilines is 2. The monoisotopic (exact) mass is 323 g/mol. The molecule has 1 aliphatic heterocycles. The highest BCUT2D eigenvalue weighted by Crippen LogP contribution is 2.28. The molecule has 0 saturated heterocycles. The molecule has 3 amide bonds. The molecule has 0 radical (unpaired) electrons. The number of rotatable bonds is 5. The van der Waals surface area contributed by atoms with Crippen molar-refractivity contribution >= 4 is 29.1 Å². The zero-order valence-corrected chi connectivity index (χ0v) is 13.3. The molecule has 122 valence electrons. The van der Waals surface area contributed by atoms with Gasteiger partial charge in [-0.2, -0.15) is 0 Å². The zero-order valence-electron chi connectivity index (χ0n) is 13.3. The summed E-state index contributed by atoms with van der Waals surface area (Å²) in [5.74, 6) is -0.944. The number of benzene rings is 1. The summed E-state index contributed by atoms with van der Waals surface area (Å²) < 4.78 is 0. The van der Waals surface area contributed by atoms with Gasteiger partial charge in [0.15, 0.2) is 0 Å². The molecule has 1 aromatic carbocycles. The van der Waals surface area contributed by atoms with E-state index >= 15 is 0 Å². The number of nitrogens with one attached hydrogen (secondary N) is 1. The number of hydrogen-bond donors (Lipinski definition) is 1. The zero-order chi connectivity index (χ0) is 17.1. The predicted molar refractivity (Wildman–Crippen MR) is 90.0 cm³/mol. The minimum absolute atomic E-state index is 0.0852. The minimum Gasteiger partial charge on any atom is -0.326 e. The summed E-state index contributed by atoms with van der Waals surface area (Å²) in [5, 5.41) is 2.79. The Morgan fingerprint density at radius 1 is 1.17 bits per heavy atom. The first-order chi connectivity index (χ1) is 11.6. The molecular weight excluding hydrogens is 306 g/mol. The summed E-state index contributed by atoms with van der Waals surface area (Å²) in [6, 6.07) is 9.90. The number of nitrogens with zero attached hydrogens (tertiary/aromatic N) is 2. The molecule has 1 aliphatic rings. The number of carbonyl (C=O) groups is 3. The van der Waals surface area contributed by atoms with Gasteiger partial charge in [-0.15, -0.1) is 0 Å². The van der Waals surface area contributed by atoms with Gasteiger partial charge in [0, 0.05) is 18.3 Å². The van der Waals surface area contributed by atoms with Crippen LogP contribution in [0, 0.1) is 0 Å². The van der Waals surface area contributed by atoms with Crippen molar-refractivity contribution in [1.82, 2.24) is 4.98 Å². The number of carbonyl (C=O) groups excluding carboxylic acids is 3. The van der Waals surface area contributed by atoms with Gasteiger partial charge in [0.1, 0.15) is 5.69 Å². The van der Waals surface area contributed by atoms with Crippen LogP contribution in [-0.4, -0.2) is 22.7 Å². The van der Waals surface area contributed by atoms with Crippen LogP contribution in [0.4, 0.5) is 11.4 Å². The Balaban J connectivity index is 1.84. The van der Waals surface area contributed by atoms with Gasteiger partial charge >= 0.3 is 0 Å². The first kappa shape index (κ1) is 15.9. The average Bonchev–Trinajstić information content (AvgIpc) is 2.85. The van der Waals surface area contributed by atoms with Crippen molar-refractivity contribution in [2.75, 3.05) is 10.2 Å². The molecule has 1 N–H and O–H groups in total. The van der Waals surface area contributed by atoms with E-state index in [9.17, 15) is 14.4 Å². The number of aromatic nitrogens is 1. The molecule has 0 aliphatic carbocycles. The van der Waals surface area contributed by atoms with Crippen molar-refractivity contribution < 1.29 is 14.4 Å². The second-order valence-electron chi connectivity index (χ2n) is 5.55. The third-order valence-electron chi connectivity index (χ3n) is 3.79. The van der Waals surface area contributed by atoms with Crippen LogP contribution in [0.5, 0.6) is 0 Å². The Labute approximate surface area is 139 Å². The Morgan fingerprint density at radius 2 is 2.00 bits per heavy atom. The Bertz CT molecular complexity index is 782. The number of hydrogen-bond acceptors (Lipinski definition) is 4. The van der Waals surface area contributed by atoms with Crippen LogP contribution >= 0.6 is 0 Å². The second kappa shape index (κ2) is 6.62. The maximum absolute atomic E-state index is 12.5. The van der Waals surface area contributed by atoms with Gasteiger partial charge in [0.2, 0.25) is 5.91 Å². The van der Waals surface area contributed by atoms with E-state index in [1.54, 1.807) is 36.4 Å². The third kappa shape index (κ3) is 2.90. The van der Waals surface area contributed by atoms with Crippen LogP contribution in [0.1, 0.15) is 47.0 Å². The molecule has 3 rings (SSSR count). The first-order valence-electron chi connectivity index (χ1n) is 7.85. The average molecular weight is 323 g/mol. The summed E-state index contributed by atoms with van der Waals surface area (Å²) in [7, 11) is 0. The Kier molecular flexibility index (Phi) is 4.37. The van der Waals surface area contributed by atoms with E-state index in [1.807, 2.05) is 6.92 Å². The van der Waals surface area contributed by atoms with Gasteiger partial charge in [-0.3, -0.25) is 19.4 Å². The third-order valence-corrected chi connectivity index (χ3v) is 3.79. The van der Waals surface area contributed by atoms with Crippen LogP contribution in [0.2, 0.25) is 0 Å². The largest absolute Gasteiger partial charge is 0.326 e. The number of pyridine rings is 1. The molecule has 0 saturated carbocycles. The Morgan fingerprint density at radius 3 is 2.75 bits per heavy atom. The summed E-state index contributed by atoms with van der Waals surface area (Å²) in [5.41, 5.74) is 1.41. The van der Waals surface area contributed by atoms with Gasteiger partial charge in [-0.25, -0.2) is 4.90 Å². The van der Waals surface area contributed by atoms with Crippen molar-refractivity contribution in [3.63, 3.8) is 0 Å². The highest BCUT2D eigenvalue weighted by atomic mass is 16.2. The number of fused-ring (bicyclic) bond motifs is 1. The lowest BCUT2D eigenvalue weighted by Gasteiger charge is -2.15. The summed E-state index contributed by atoms with van der Waals surface area (Å²) >= 11 is 0. The topological polar surface area (TPSA) is 79.4 Å². The highest BCUT2D eigenvalue weighted by molar-refractivity contribution is 6.33. The number of imide groups is 1. The van der Waals surface area contributed by atoms with Gasteiger partial charge in [0.25, 0.3) is 11.8 Å². The maximum Gasteiger partial charge on any atom is 0.284 e. The fourth-order valence-electron chi connectivity index (χ4n) is 2.58. The van der Waals surface area contributed by atoms with Crippen LogP contribution in [-0.2, 0) is 4.79 Å². The van der Waals surface area contributed by atoms with E-state index in [2.05, 4.69) is 10.3 Å². The molecular formula is C18H17N3O3. The highest BCUT2D eigenvalue weighted by Gasteiger charge is 2.37. The normalized spacial score (nSPS) is 13.1. The van der Waals surface area contributed by atoms with Crippen LogP contribution < -0.4 is 10.2 Å². The maximum atomic E-state index is 12.5. The standard InChI is InChI=1S/C18H17N3O3/c1-2-3-9-15(22)20-12-6-4-7-13(11-12)21-17(23)14-8-5-10-19-16(14)18(21)24/h4-8,10-11H,2-3,9H2,1H3,(H,20,22). The Hall–Kier alpha value is -3.02. The van der Waals surface area contributed by atoms with Crippen molar-refractivity contribution in [3.8, 4) is 0 Å². The van der Waals surface area contributed by atoms with Crippen molar-refractivity contribution in [1.29, 1.82) is 0 Å². The molecule has 0 atom stereocenters. The predicted octanol–water partition coefficient (Wildman–Crippen LogP) is 3.01. The lowest BCUT2D eigenvalue weighted by Crippen LogP contribution is -2.29. The van der Waals surface area contributed by atoms with Crippen molar-refractivity contribution in [2.45, 2.75) is 26.2 Å².